The highest BCUT2D eigenvalue weighted by Gasteiger charge is 2.34. The average Bonchev–Trinajstić information content (AvgIpc) is 3.46. The van der Waals surface area contributed by atoms with Gasteiger partial charge in [-0.25, -0.2) is 4.68 Å². The molecule has 7 nitrogen and oxygen atoms in total. The van der Waals surface area contributed by atoms with Gasteiger partial charge in [0, 0.05) is 37.5 Å². The van der Waals surface area contributed by atoms with E-state index in [1.54, 1.807) is 10.9 Å². The minimum Gasteiger partial charge on any atom is -0.328 e. The van der Waals surface area contributed by atoms with Gasteiger partial charge in [-0.2, -0.15) is 5.10 Å². The summed E-state index contributed by atoms with van der Waals surface area (Å²) in [5.41, 5.74) is 1.65. The molecule has 1 unspecified atom stereocenters. The normalized spacial score (nSPS) is 19.4. The maximum absolute atomic E-state index is 13.2. The van der Waals surface area contributed by atoms with Crippen molar-refractivity contribution in [1.29, 1.82) is 0 Å². The first-order chi connectivity index (χ1) is 13.8. The number of aryl methyl sites for hydroxylation is 1. The fraction of sp³-hybridized carbons (Fsp3) is 0.429. The van der Waals surface area contributed by atoms with Crippen molar-refractivity contribution in [2.45, 2.75) is 51.1 Å². The Labute approximate surface area is 164 Å². The van der Waals surface area contributed by atoms with E-state index >= 15 is 0 Å². The molecule has 0 spiro atoms. The molecule has 2 aliphatic heterocycles. The van der Waals surface area contributed by atoms with Crippen LogP contribution < -0.4 is 0 Å². The molecule has 0 saturated carbocycles. The fourth-order valence-corrected chi connectivity index (χ4v) is 4.38. The van der Waals surface area contributed by atoms with Gasteiger partial charge in [0.05, 0.1) is 11.7 Å². The van der Waals surface area contributed by atoms with Crippen molar-refractivity contribution in [3.63, 3.8) is 0 Å². The molecule has 0 radical (unpaired) electrons. The Morgan fingerprint density at radius 2 is 1.89 bits per heavy atom. The second-order valence-corrected chi connectivity index (χ2v) is 7.59. The molecule has 4 heterocycles. The quantitative estimate of drug-likeness (QED) is 0.704. The number of hydrogen-bond donors (Lipinski definition) is 0. The van der Waals surface area contributed by atoms with Crippen LogP contribution in [-0.4, -0.2) is 41.9 Å². The molecule has 1 aromatic carbocycles. The lowest BCUT2D eigenvalue weighted by molar-refractivity contribution is 0.0727. The molecule has 1 fully saturated rings. The van der Waals surface area contributed by atoms with Gasteiger partial charge in [0.15, 0.2) is 5.82 Å². The largest absolute Gasteiger partial charge is 0.328 e. The van der Waals surface area contributed by atoms with Crippen molar-refractivity contribution in [1.82, 2.24) is 29.4 Å². The first kappa shape index (κ1) is 17.2. The van der Waals surface area contributed by atoms with Crippen LogP contribution in [0.5, 0.6) is 0 Å². The van der Waals surface area contributed by atoms with Crippen molar-refractivity contribution in [2.24, 2.45) is 0 Å². The van der Waals surface area contributed by atoms with Crippen molar-refractivity contribution >= 4 is 5.91 Å². The number of rotatable bonds is 3. The van der Waals surface area contributed by atoms with Crippen molar-refractivity contribution < 1.29 is 4.79 Å². The lowest BCUT2D eigenvalue weighted by atomic mass is 10.1. The zero-order valence-electron chi connectivity index (χ0n) is 15.9. The van der Waals surface area contributed by atoms with E-state index in [-0.39, 0.29) is 11.9 Å². The second-order valence-electron chi connectivity index (χ2n) is 7.59. The molecule has 0 aliphatic carbocycles. The van der Waals surface area contributed by atoms with E-state index in [0.29, 0.717) is 5.56 Å². The van der Waals surface area contributed by atoms with Gasteiger partial charge in [0.25, 0.3) is 5.91 Å². The number of fused-ring (bicyclic) bond motifs is 1. The van der Waals surface area contributed by atoms with Crippen molar-refractivity contribution in [3.05, 3.63) is 59.9 Å². The van der Waals surface area contributed by atoms with Crippen molar-refractivity contribution in [2.75, 3.05) is 6.54 Å². The maximum Gasteiger partial charge on any atom is 0.254 e. The van der Waals surface area contributed by atoms with Gasteiger partial charge in [-0.15, -0.1) is 10.2 Å². The van der Waals surface area contributed by atoms with Crippen LogP contribution in [0.1, 0.15) is 60.2 Å². The summed E-state index contributed by atoms with van der Waals surface area (Å²) in [6.45, 7) is 1.74. The number of likely N-dealkylation sites (tertiary alicyclic amines) is 1. The van der Waals surface area contributed by atoms with Crippen molar-refractivity contribution in [3.8, 4) is 5.69 Å². The summed E-state index contributed by atoms with van der Waals surface area (Å²) in [4.78, 5) is 15.2. The highest BCUT2D eigenvalue weighted by atomic mass is 16.2. The average molecular weight is 376 g/mol. The molecule has 28 heavy (non-hydrogen) atoms. The van der Waals surface area contributed by atoms with Gasteiger partial charge in [0.1, 0.15) is 5.82 Å². The smallest absolute Gasteiger partial charge is 0.254 e. The van der Waals surface area contributed by atoms with Gasteiger partial charge in [-0.3, -0.25) is 4.79 Å². The second kappa shape index (κ2) is 7.22. The molecule has 2 aromatic heterocycles. The van der Waals surface area contributed by atoms with Crippen LogP contribution in [0.2, 0.25) is 0 Å². The predicted molar refractivity (Wildman–Crippen MR) is 104 cm³/mol. The van der Waals surface area contributed by atoms with E-state index in [1.165, 1.54) is 12.8 Å². The predicted octanol–water partition coefficient (Wildman–Crippen LogP) is 3.17. The summed E-state index contributed by atoms with van der Waals surface area (Å²) in [5, 5.41) is 13.2. The van der Waals surface area contributed by atoms with E-state index < -0.39 is 0 Å². The van der Waals surface area contributed by atoms with Crippen LogP contribution in [-0.2, 0) is 13.0 Å². The Kier molecular flexibility index (Phi) is 4.43. The zero-order chi connectivity index (χ0) is 18.9. The Morgan fingerprint density at radius 1 is 1.00 bits per heavy atom. The maximum atomic E-state index is 13.2. The van der Waals surface area contributed by atoms with Crippen LogP contribution >= 0.6 is 0 Å². The number of benzene rings is 1. The number of carbonyl (C=O) groups is 1. The van der Waals surface area contributed by atoms with E-state index in [0.717, 1.165) is 56.1 Å². The highest BCUT2D eigenvalue weighted by molar-refractivity contribution is 5.94. The number of hydrogen-bond acceptors (Lipinski definition) is 4. The molecule has 2 aliphatic rings. The summed E-state index contributed by atoms with van der Waals surface area (Å²) in [5.74, 6) is 2.12. The number of nitrogens with zero attached hydrogens (tertiary/aromatic N) is 6. The minimum absolute atomic E-state index is 0.0256. The van der Waals surface area contributed by atoms with Gasteiger partial charge >= 0.3 is 0 Å². The van der Waals surface area contributed by atoms with Gasteiger partial charge in [-0.05, 0) is 56.0 Å². The molecule has 1 atom stereocenters. The van der Waals surface area contributed by atoms with E-state index in [4.69, 9.17) is 0 Å². The third-order valence-electron chi connectivity index (χ3n) is 5.83. The first-order valence-corrected chi connectivity index (χ1v) is 10.1. The fourth-order valence-electron chi connectivity index (χ4n) is 4.38. The molecule has 0 N–H and O–H groups in total. The molecule has 144 valence electrons. The molecule has 1 saturated heterocycles. The molecular weight excluding hydrogens is 352 g/mol. The van der Waals surface area contributed by atoms with E-state index in [2.05, 4.69) is 19.9 Å². The number of aromatic nitrogens is 5. The summed E-state index contributed by atoms with van der Waals surface area (Å²) >= 11 is 0. The molecule has 5 rings (SSSR count). The monoisotopic (exact) mass is 376 g/mol. The lowest BCUT2D eigenvalue weighted by Gasteiger charge is -2.25. The topological polar surface area (TPSA) is 68.8 Å². The lowest BCUT2D eigenvalue weighted by Crippen LogP contribution is -2.32. The zero-order valence-corrected chi connectivity index (χ0v) is 15.9. The van der Waals surface area contributed by atoms with Crippen LogP contribution in [0, 0.1) is 0 Å². The van der Waals surface area contributed by atoms with Crippen LogP contribution in [0.15, 0.2) is 42.7 Å². The minimum atomic E-state index is 0.0256. The SMILES string of the molecule is O=C(c1ccc(-n2cccn2)cc1)N1CCCC1c1nnc2n1CCCCC2. The summed E-state index contributed by atoms with van der Waals surface area (Å²) in [7, 11) is 0. The van der Waals surface area contributed by atoms with Crippen LogP contribution in [0.3, 0.4) is 0 Å². The summed E-state index contributed by atoms with van der Waals surface area (Å²) < 4.78 is 4.06. The highest BCUT2D eigenvalue weighted by Crippen LogP contribution is 2.33. The molecule has 7 heteroatoms. The van der Waals surface area contributed by atoms with Crippen LogP contribution in [0.4, 0.5) is 0 Å². The molecule has 3 aromatic rings. The van der Waals surface area contributed by atoms with E-state index in [1.807, 2.05) is 41.4 Å². The van der Waals surface area contributed by atoms with Gasteiger partial charge < -0.3 is 9.47 Å². The number of amides is 1. The Balaban J connectivity index is 1.40. The van der Waals surface area contributed by atoms with Crippen LogP contribution in [0.25, 0.3) is 5.69 Å². The molecular formula is C21H24N6O. The van der Waals surface area contributed by atoms with E-state index in [9.17, 15) is 4.79 Å². The summed E-state index contributed by atoms with van der Waals surface area (Å²) in [6, 6.07) is 9.56. The Bertz CT molecular complexity index is 959. The molecule has 1 amide bonds. The third-order valence-corrected chi connectivity index (χ3v) is 5.83. The summed E-state index contributed by atoms with van der Waals surface area (Å²) in [6.07, 6.45) is 10.2. The standard InChI is InChI=1S/C21H24N6O/c28-21(16-8-10-17(11-9-16)27-15-5-12-22-27)25-14-4-6-18(25)20-24-23-19-7-2-1-3-13-26(19)20/h5,8-12,15,18H,1-4,6-7,13-14H2. The van der Waals surface area contributed by atoms with Gasteiger partial charge in [-0.1, -0.05) is 6.42 Å². The Hall–Kier alpha value is -2.96. The van der Waals surface area contributed by atoms with Gasteiger partial charge in [0.2, 0.25) is 0 Å². The number of carbonyl (C=O) groups excluding carboxylic acids is 1. The molecule has 0 bridgehead atoms. The third kappa shape index (κ3) is 3.00. The Morgan fingerprint density at radius 3 is 2.71 bits per heavy atom. The first-order valence-electron chi connectivity index (χ1n) is 10.1.